The Kier molecular flexibility index (Phi) is 7.03. The van der Waals surface area contributed by atoms with Crippen LogP contribution in [0.3, 0.4) is 0 Å². The Hall–Kier alpha value is -2.28. The fraction of sp³-hybridized carbons (Fsp3) is 0.429. The molecule has 1 aromatic rings. The molecule has 1 amide bonds. The summed E-state index contributed by atoms with van der Waals surface area (Å²) in [6.07, 6.45) is 0. The molecule has 21 heavy (non-hydrogen) atoms. The highest BCUT2D eigenvalue weighted by Gasteiger charge is 2.20. The lowest BCUT2D eigenvalue weighted by Gasteiger charge is -2.14. The summed E-state index contributed by atoms with van der Waals surface area (Å²) in [6, 6.07) is 5.69. The Morgan fingerprint density at radius 3 is 2.24 bits per heavy atom. The first-order chi connectivity index (χ1) is 10.1. The van der Waals surface area contributed by atoms with Gasteiger partial charge >= 0.3 is 5.97 Å². The summed E-state index contributed by atoms with van der Waals surface area (Å²) in [4.78, 5) is 22.8. The van der Waals surface area contributed by atoms with Crippen LogP contribution in [0.4, 0.5) is 0 Å². The van der Waals surface area contributed by atoms with E-state index in [0.29, 0.717) is 18.1 Å². The second kappa shape index (κ2) is 8.80. The Bertz CT molecular complexity index is 459. The van der Waals surface area contributed by atoms with Crippen molar-refractivity contribution in [3.8, 4) is 11.5 Å². The third-order valence-corrected chi connectivity index (χ3v) is 2.51. The Labute approximate surface area is 122 Å². The number of nitrogens with one attached hydrogen (secondary N) is 1. The van der Waals surface area contributed by atoms with Crippen molar-refractivity contribution >= 4 is 11.9 Å². The van der Waals surface area contributed by atoms with Gasteiger partial charge in [-0.15, -0.1) is 0 Å². The van der Waals surface area contributed by atoms with E-state index in [0.717, 1.165) is 0 Å². The van der Waals surface area contributed by atoms with Gasteiger partial charge in [0.05, 0.1) is 20.3 Å². The number of carbonyl (C=O) groups is 2. The van der Waals surface area contributed by atoms with Crippen molar-refractivity contribution in [3.05, 3.63) is 24.3 Å². The zero-order chi connectivity index (χ0) is 15.7. The number of rotatable bonds is 8. The minimum atomic E-state index is -1.09. The monoisotopic (exact) mass is 297 g/mol. The molecule has 7 nitrogen and oxygen atoms in total. The van der Waals surface area contributed by atoms with Gasteiger partial charge in [-0.05, 0) is 31.2 Å². The Morgan fingerprint density at radius 2 is 1.76 bits per heavy atom. The highest BCUT2D eigenvalue weighted by molar-refractivity contribution is 5.85. The second-order valence-corrected chi connectivity index (χ2v) is 4.02. The molecule has 0 fully saturated rings. The van der Waals surface area contributed by atoms with Crippen molar-refractivity contribution in [2.75, 3.05) is 26.9 Å². The first-order valence-electron chi connectivity index (χ1n) is 6.44. The van der Waals surface area contributed by atoms with Gasteiger partial charge in [0.15, 0.2) is 12.6 Å². The summed E-state index contributed by atoms with van der Waals surface area (Å²) < 4.78 is 15.0. The average molecular weight is 297 g/mol. The lowest BCUT2D eigenvalue weighted by molar-refractivity contribution is -0.146. The molecule has 1 atom stereocenters. The predicted octanol–water partition coefficient (Wildman–Crippen LogP) is 0.114. The molecule has 2 N–H and O–H groups in total. The summed E-state index contributed by atoms with van der Waals surface area (Å²) in [7, 11) is 1.17. The zero-order valence-corrected chi connectivity index (χ0v) is 12.0. The van der Waals surface area contributed by atoms with Crippen LogP contribution >= 0.6 is 0 Å². The first kappa shape index (κ1) is 16.8. The standard InChI is InChI=1S/C14H19NO6/c1-3-20-10-4-6-11(7-5-10)21-9-13(17)15-12(8-16)14(18)19-2/h4-7,12,16H,3,8-9H2,1-2H3,(H,15,17). The van der Waals surface area contributed by atoms with Crippen LogP contribution in [-0.4, -0.2) is 50.0 Å². The largest absolute Gasteiger partial charge is 0.494 e. The number of esters is 1. The third kappa shape index (κ3) is 5.70. The number of methoxy groups -OCH3 is 1. The maximum absolute atomic E-state index is 11.6. The fourth-order valence-corrected chi connectivity index (χ4v) is 1.51. The van der Waals surface area contributed by atoms with E-state index in [-0.39, 0.29) is 6.61 Å². The summed E-state index contributed by atoms with van der Waals surface area (Å²) >= 11 is 0. The third-order valence-electron chi connectivity index (χ3n) is 2.51. The smallest absolute Gasteiger partial charge is 0.330 e. The second-order valence-electron chi connectivity index (χ2n) is 4.02. The number of amides is 1. The molecule has 1 aromatic carbocycles. The zero-order valence-electron chi connectivity index (χ0n) is 12.0. The van der Waals surface area contributed by atoms with E-state index < -0.39 is 24.5 Å². The van der Waals surface area contributed by atoms with Gasteiger partial charge in [-0.1, -0.05) is 0 Å². The Balaban J connectivity index is 2.43. The number of benzene rings is 1. The van der Waals surface area contributed by atoms with Crippen molar-refractivity contribution < 1.29 is 28.9 Å². The van der Waals surface area contributed by atoms with E-state index in [2.05, 4.69) is 10.1 Å². The lowest BCUT2D eigenvalue weighted by Crippen LogP contribution is -2.45. The summed E-state index contributed by atoms with van der Waals surface area (Å²) in [6.45, 7) is 1.63. The van der Waals surface area contributed by atoms with Gasteiger partial charge in [0, 0.05) is 0 Å². The molecule has 0 bridgehead atoms. The lowest BCUT2D eigenvalue weighted by atomic mass is 10.3. The van der Waals surface area contributed by atoms with Gasteiger partial charge in [0.1, 0.15) is 11.5 Å². The van der Waals surface area contributed by atoms with Crippen LogP contribution in [0.25, 0.3) is 0 Å². The number of aliphatic hydroxyl groups is 1. The molecule has 0 saturated carbocycles. The van der Waals surface area contributed by atoms with Crippen LogP contribution in [-0.2, 0) is 14.3 Å². The minimum Gasteiger partial charge on any atom is -0.494 e. The summed E-state index contributed by atoms with van der Waals surface area (Å²) in [5.74, 6) is -0.0483. The minimum absolute atomic E-state index is 0.276. The quantitative estimate of drug-likeness (QED) is 0.662. The van der Waals surface area contributed by atoms with Crippen LogP contribution < -0.4 is 14.8 Å². The maximum atomic E-state index is 11.6. The van der Waals surface area contributed by atoms with Crippen LogP contribution in [0.15, 0.2) is 24.3 Å². The van der Waals surface area contributed by atoms with Gasteiger partial charge in [0.25, 0.3) is 5.91 Å². The van der Waals surface area contributed by atoms with Crippen LogP contribution in [0.1, 0.15) is 6.92 Å². The first-order valence-corrected chi connectivity index (χ1v) is 6.44. The summed E-state index contributed by atoms with van der Waals surface area (Å²) in [5.41, 5.74) is 0. The molecule has 0 spiro atoms. The molecular formula is C14H19NO6. The molecule has 0 aliphatic heterocycles. The highest BCUT2D eigenvalue weighted by Crippen LogP contribution is 2.17. The topological polar surface area (TPSA) is 94.1 Å². The summed E-state index contributed by atoms with van der Waals surface area (Å²) in [5, 5.41) is 11.3. The van der Waals surface area contributed by atoms with Gasteiger partial charge < -0.3 is 24.6 Å². The molecule has 1 unspecified atom stereocenters. The molecule has 0 aromatic heterocycles. The molecule has 0 aliphatic rings. The number of ether oxygens (including phenoxy) is 3. The Morgan fingerprint density at radius 1 is 1.19 bits per heavy atom. The van der Waals surface area contributed by atoms with Crippen LogP contribution in [0.2, 0.25) is 0 Å². The molecule has 0 aliphatic carbocycles. The van der Waals surface area contributed by atoms with E-state index in [1.165, 1.54) is 7.11 Å². The molecule has 0 heterocycles. The number of carbonyl (C=O) groups excluding carboxylic acids is 2. The van der Waals surface area contributed by atoms with E-state index in [9.17, 15) is 9.59 Å². The van der Waals surface area contributed by atoms with Gasteiger partial charge in [0.2, 0.25) is 0 Å². The van der Waals surface area contributed by atoms with E-state index in [1.54, 1.807) is 24.3 Å². The molecule has 116 valence electrons. The SMILES string of the molecule is CCOc1ccc(OCC(=O)NC(CO)C(=O)OC)cc1. The fourth-order valence-electron chi connectivity index (χ4n) is 1.51. The van der Waals surface area contributed by atoms with E-state index in [4.69, 9.17) is 14.6 Å². The van der Waals surface area contributed by atoms with Crippen molar-refractivity contribution in [1.29, 1.82) is 0 Å². The molecule has 7 heteroatoms. The van der Waals surface area contributed by atoms with Gasteiger partial charge in [-0.2, -0.15) is 0 Å². The molecular weight excluding hydrogens is 278 g/mol. The van der Waals surface area contributed by atoms with E-state index in [1.807, 2.05) is 6.92 Å². The average Bonchev–Trinajstić information content (AvgIpc) is 2.51. The van der Waals surface area contributed by atoms with Crippen LogP contribution in [0.5, 0.6) is 11.5 Å². The van der Waals surface area contributed by atoms with Crippen molar-refractivity contribution in [2.24, 2.45) is 0 Å². The number of aliphatic hydroxyl groups excluding tert-OH is 1. The molecule has 0 saturated heterocycles. The van der Waals surface area contributed by atoms with Crippen molar-refractivity contribution in [1.82, 2.24) is 5.32 Å². The van der Waals surface area contributed by atoms with Crippen LogP contribution in [0, 0.1) is 0 Å². The van der Waals surface area contributed by atoms with E-state index >= 15 is 0 Å². The van der Waals surface area contributed by atoms with Gasteiger partial charge in [-0.3, -0.25) is 4.79 Å². The predicted molar refractivity (Wildman–Crippen MR) is 74.1 cm³/mol. The normalized spacial score (nSPS) is 11.4. The van der Waals surface area contributed by atoms with Gasteiger partial charge in [-0.25, -0.2) is 4.79 Å². The molecule has 1 rings (SSSR count). The maximum Gasteiger partial charge on any atom is 0.330 e. The van der Waals surface area contributed by atoms with Crippen molar-refractivity contribution in [3.63, 3.8) is 0 Å². The van der Waals surface area contributed by atoms with Crippen molar-refractivity contribution in [2.45, 2.75) is 13.0 Å². The number of hydrogen-bond acceptors (Lipinski definition) is 6. The molecule has 0 radical (unpaired) electrons. The number of hydrogen-bond donors (Lipinski definition) is 2. The highest BCUT2D eigenvalue weighted by atomic mass is 16.5.